The second kappa shape index (κ2) is 6.72. The SMILES string of the molecule is Cc1cc(C(=O)N(C)CC(=O)Nc2cc(C)on2)c2ccccc2n1. The zero-order chi connectivity index (χ0) is 18.0. The molecule has 0 saturated heterocycles. The Morgan fingerprint density at radius 1 is 1.20 bits per heavy atom. The number of pyridine rings is 1. The predicted octanol–water partition coefficient (Wildman–Crippen LogP) is 2.55. The van der Waals surface area contributed by atoms with Crippen molar-refractivity contribution >= 4 is 28.5 Å². The number of hydrogen-bond donors (Lipinski definition) is 1. The number of aromatic nitrogens is 2. The van der Waals surface area contributed by atoms with Crippen LogP contribution in [0.1, 0.15) is 21.8 Å². The lowest BCUT2D eigenvalue weighted by Gasteiger charge is -2.17. The van der Waals surface area contributed by atoms with Crippen LogP contribution < -0.4 is 5.32 Å². The average Bonchev–Trinajstić information content (AvgIpc) is 2.97. The van der Waals surface area contributed by atoms with E-state index >= 15 is 0 Å². The van der Waals surface area contributed by atoms with Gasteiger partial charge in [0.25, 0.3) is 5.91 Å². The molecular formula is C18H18N4O3. The van der Waals surface area contributed by atoms with Crippen LogP contribution in [0.5, 0.6) is 0 Å². The van der Waals surface area contributed by atoms with E-state index in [2.05, 4.69) is 15.5 Å². The smallest absolute Gasteiger partial charge is 0.254 e. The number of carbonyl (C=O) groups is 2. The summed E-state index contributed by atoms with van der Waals surface area (Å²) in [5.74, 6) is 0.333. The molecular weight excluding hydrogens is 320 g/mol. The maximum atomic E-state index is 12.8. The molecule has 0 saturated carbocycles. The summed E-state index contributed by atoms with van der Waals surface area (Å²) >= 11 is 0. The van der Waals surface area contributed by atoms with Crippen molar-refractivity contribution in [3.05, 3.63) is 53.4 Å². The van der Waals surface area contributed by atoms with Crippen molar-refractivity contribution in [2.24, 2.45) is 0 Å². The lowest BCUT2D eigenvalue weighted by Crippen LogP contribution is -2.35. The van der Waals surface area contributed by atoms with E-state index in [1.807, 2.05) is 31.2 Å². The van der Waals surface area contributed by atoms with Crippen molar-refractivity contribution in [1.82, 2.24) is 15.0 Å². The van der Waals surface area contributed by atoms with Crippen molar-refractivity contribution < 1.29 is 14.1 Å². The Hall–Kier alpha value is -3.22. The first-order chi connectivity index (χ1) is 11.9. The fraction of sp³-hybridized carbons (Fsp3) is 0.222. The molecule has 2 aromatic heterocycles. The molecule has 0 unspecified atom stereocenters. The van der Waals surface area contributed by atoms with Crippen LogP contribution in [0.25, 0.3) is 10.9 Å². The Balaban J connectivity index is 1.77. The van der Waals surface area contributed by atoms with Crippen molar-refractivity contribution in [1.29, 1.82) is 0 Å². The van der Waals surface area contributed by atoms with Crippen molar-refractivity contribution in [2.75, 3.05) is 18.9 Å². The number of hydrogen-bond acceptors (Lipinski definition) is 5. The first kappa shape index (κ1) is 16.6. The number of fused-ring (bicyclic) bond motifs is 1. The van der Waals surface area contributed by atoms with Crippen LogP contribution in [0.3, 0.4) is 0 Å². The number of carbonyl (C=O) groups excluding carboxylic acids is 2. The van der Waals surface area contributed by atoms with E-state index in [4.69, 9.17) is 4.52 Å². The molecule has 7 nitrogen and oxygen atoms in total. The standard InChI is InChI=1S/C18H18N4O3/c1-11-8-14(13-6-4-5-7-15(13)19-11)18(24)22(3)10-17(23)20-16-9-12(2)25-21-16/h4-9H,10H2,1-3H3,(H,20,21,23). The topological polar surface area (TPSA) is 88.3 Å². The molecule has 0 aliphatic rings. The number of para-hydroxylation sites is 1. The van der Waals surface area contributed by atoms with Crippen LogP contribution >= 0.6 is 0 Å². The van der Waals surface area contributed by atoms with Gasteiger partial charge in [0.05, 0.1) is 17.6 Å². The maximum Gasteiger partial charge on any atom is 0.254 e. The summed E-state index contributed by atoms with van der Waals surface area (Å²) in [5.41, 5.74) is 2.02. The van der Waals surface area contributed by atoms with E-state index in [9.17, 15) is 9.59 Å². The molecule has 25 heavy (non-hydrogen) atoms. The quantitative estimate of drug-likeness (QED) is 0.790. The largest absolute Gasteiger partial charge is 0.360 e. The molecule has 128 valence electrons. The highest BCUT2D eigenvalue weighted by Gasteiger charge is 2.18. The monoisotopic (exact) mass is 338 g/mol. The second-order valence-corrected chi connectivity index (χ2v) is 5.86. The van der Waals surface area contributed by atoms with Gasteiger partial charge in [0.15, 0.2) is 5.82 Å². The fourth-order valence-corrected chi connectivity index (χ4v) is 2.59. The Morgan fingerprint density at radius 3 is 2.68 bits per heavy atom. The van der Waals surface area contributed by atoms with E-state index in [0.717, 1.165) is 16.6 Å². The third-order valence-electron chi connectivity index (χ3n) is 3.70. The molecule has 2 heterocycles. The zero-order valence-electron chi connectivity index (χ0n) is 14.2. The molecule has 0 aliphatic heterocycles. The molecule has 1 aromatic carbocycles. The van der Waals surface area contributed by atoms with Crippen LogP contribution in [0.15, 0.2) is 40.9 Å². The lowest BCUT2D eigenvalue weighted by molar-refractivity contribution is -0.116. The number of nitrogens with zero attached hydrogens (tertiary/aromatic N) is 3. The van der Waals surface area contributed by atoms with Gasteiger partial charge in [-0.3, -0.25) is 14.6 Å². The highest BCUT2D eigenvalue weighted by Crippen LogP contribution is 2.19. The van der Waals surface area contributed by atoms with Crippen molar-refractivity contribution in [3.63, 3.8) is 0 Å². The minimum Gasteiger partial charge on any atom is -0.360 e. The Kier molecular flexibility index (Phi) is 4.47. The van der Waals surface area contributed by atoms with E-state index in [1.54, 1.807) is 26.1 Å². The van der Waals surface area contributed by atoms with Crippen LogP contribution in [-0.4, -0.2) is 40.4 Å². The molecule has 0 fully saturated rings. The molecule has 3 rings (SSSR count). The van der Waals surface area contributed by atoms with E-state index in [-0.39, 0.29) is 18.4 Å². The van der Waals surface area contributed by atoms with Gasteiger partial charge in [0.2, 0.25) is 5.91 Å². The molecule has 2 amide bonds. The summed E-state index contributed by atoms with van der Waals surface area (Å²) in [7, 11) is 1.58. The van der Waals surface area contributed by atoms with Crippen LogP contribution in [-0.2, 0) is 4.79 Å². The van der Waals surface area contributed by atoms with E-state index < -0.39 is 0 Å². The third-order valence-corrected chi connectivity index (χ3v) is 3.70. The summed E-state index contributed by atoms with van der Waals surface area (Å²) < 4.78 is 4.90. The van der Waals surface area contributed by atoms with Gasteiger partial charge < -0.3 is 14.7 Å². The Bertz CT molecular complexity index is 948. The molecule has 0 bridgehead atoms. The number of anilines is 1. The summed E-state index contributed by atoms with van der Waals surface area (Å²) in [5, 5.41) is 7.06. The van der Waals surface area contributed by atoms with Gasteiger partial charge in [-0.2, -0.15) is 0 Å². The molecule has 0 spiro atoms. The van der Waals surface area contributed by atoms with Gasteiger partial charge in [-0.25, -0.2) is 0 Å². The molecule has 3 aromatic rings. The fourth-order valence-electron chi connectivity index (χ4n) is 2.59. The predicted molar refractivity (Wildman–Crippen MR) is 93.3 cm³/mol. The van der Waals surface area contributed by atoms with Gasteiger partial charge >= 0.3 is 0 Å². The van der Waals surface area contributed by atoms with Crippen LogP contribution in [0.2, 0.25) is 0 Å². The molecule has 0 atom stereocenters. The summed E-state index contributed by atoms with van der Waals surface area (Å²) in [6, 6.07) is 10.8. The van der Waals surface area contributed by atoms with Crippen LogP contribution in [0, 0.1) is 13.8 Å². The second-order valence-electron chi connectivity index (χ2n) is 5.86. The minimum absolute atomic E-state index is 0.0968. The van der Waals surface area contributed by atoms with Gasteiger partial charge in [-0.05, 0) is 26.0 Å². The van der Waals surface area contributed by atoms with Gasteiger partial charge in [-0.1, -0.05) is 23.4 Å². The molecule has 0 aliphatic carbocycles. The highest BCUT2D eigenvalue weighted by atomic mass is 16.5. The Labute approximate surface area is 144 Å². The summed E-state index contributed by atoms with van der Waals surface area (Å²) in [4.78, 5) is 30.7. The maximum absolute atomic E-state index is 12.8. The summed E-state index contributed by atoms with van der Waals surface area (Å²) in [6.07, 6.45) is 0. The summed E-state index contributed by atoms with van der Waals surface area (Å²) in [6.45, 7) is 3.47. The average molecular weight is 338 g/mol. The number of benzene rings is 1. The normalized spacial score (nSPS) is 10.7. The number of likely N-dealkylation sites (N-methyl/N-ethyl adjacent to an activating group) is 1. The van der Waals surface area contributed by atoms with Crippen molar-refractivity contribution in [3.8, 4) is 0 Å². The first-order valence-electron chi connectivity index (χ1n) is 7.79. The van der Waals surface area contributed by atoms with E-state index in [1.165, 1.54) is 4.90 Å². The minimum atomic E-state index is -0.348. The highest BCUT2D eigenvalue weighted by molar-refractivity contribution is 6.07. The van der Waals surface area contributed by atoms with Gasteiger partial charge in [-0.15, -0.1) is 0 Å². The zero-order valence-corrected chi connectivity index (χ0v) is 14.2. The van der Waals surface area contributed by atoms with E-state index in [0.29, 0.717) is 17.1 Å². The number of aryl methyl sites for hydroxylation is 2. The first-order valence-corrected chi connectivity index (χ1v) is 7.79. The third kappa shape index (κ3) is 3.65. The van der Waals surface area contributed by atoms with Gasteiger partial charge in [0.1, 0.15) is 5.76 Å². The molecule has 1 N–H and O–H groups in total. The Morgan fingerprint density at radius 2 is 1.96 bits per heavy atom. The number of rotatable bonds is 4. The molecule has 7 heteroatoms. The van der Waals surface area contributed by atoms with Gasteiger partial charge in [0, 0.05) is 24.2 Å². The molecule has 0 radical (unpaired) electrons. The van der Waals surface area contributed by atoms with Crippen molar-refractivity contribution in [2.45, 2.75) is 13.8 Å². The van der Waals surface area contributed by atoms with Crippen LogP contribution in [0.4, 0.5) is 5.82 Å². The number of nitrogens with one attached hydrogen (secondary N) is 1. The number of amides is 2. The lowest BCUT2D eigenvalue weighted by atomic mass is 10.1.